The van der Waals surface area contributed by atoms with Gasteiger partial charge in [0.1, 0.15) is 5.69 Å². The fourth-order valence-corrected chi connectivity index (χ4v) is 1.75. The third kappa shape index (κ3) is 2.74. The summed E-state index contributed by atoms with van der Waals surface area (Å²) in [5, 5.41) is 2.44. The number of halogens is 2. The van der Waals surface area contributed by atoms with Crippen LogP contribution in [-0.2, 0) is 7.05 Å². The molecule has 20 heavy (non-hydrogen) atoms. The van der Waals surface area contributed by atoms with Gasteiger partial charge in [-0.2, -0.15) is 0 Å². The number of benzene rings is 1. The van der Waals surface area contributed by atoms with Gasteiger partial charge in [-0.3, -0.25) is 9.59 Å². The summed E-state index contributed by atoms with van der Waals surface area (Å²) in [6, 6.07) is 4.52. The van der Waals surface area contributed by atoms with Crippen molar-refractivity contribution in [3.63, 3.8) is 0 Å². The van der Waals surface area contributed by atoms with Crippen molar-refractivity contribution in [2.45, 2.75) is 6.92 Å². The zero-order chi connectivity index (χ0) is 14.9. The summed E-state index contributed by atoms with van der Waals surface area (Å²) in [5.41, 5.74) is 0.794. The van der Waals surface area contributed by atoms with Crippen LogP contribution in [0.2, 0.25) is 0 Å². The number of aryl methyl sites for hydroxylation is 1. The molecule has 2 rings (SSSR count). The Morgan fingerprint density at radius 1 is 1.15 bits per heavy atom. The van der Waals surface area contributed by atoms with Gasteiger partial charge < -0.3 is 9.88 Å². The van der Waals surface area contributed by atoms with Crippen molar-refractivity contribution < 1.29 is 18.4 Å². The zero-order valence-corrected chi connectivity index (χ0v) is 10.9. The average Bonchev–Trinajstić information content (AvgIpc) is 2.76. The lowest BCUT2D eigenvalue weighted by molar-refractivity contribution is 0.101. The average molecular weight is 278 g/mol. The van der Waals surface area contributed by atoms with Crippen LogP contribution in [0.25, 0.3) is 0 Å². The number of hydrogen-bond donors (Lipinski definition) is 1. The van der Waals surface area contributed by atoms with Crippen molar-refractivity contribution in [1.29, 1.82) is 0 Å². The number of rotatable bonds is 3. The lowest BCUT2D eigenvalue weighted by atomic mass is 10.2. The van der Waals surface area contributed by atoms with Crippen LogP contribution in [0.4, 0.5) is 14.5 Å². The minimum Gasteiger partial charge on any atom is -0.346 e. The Kier molecular flexibility index (Phi) is 3.65. The minimum absolute atomic E-state index is 0.138. The van der Waals surface area contributed by atoms with E-state index in [1.807, 2.05) is 0 Å². The molecule has 1 amide bonds. The van der Waals surface area contributed by atoms with Crippen molar-refractivity contribution in [3.05, 3.63) is 53.4 Å². The van der Waals surface area contributed by atoms with Crippen LogP contribution in [-0.4, -0.2) is 16.3 Å². The van der Waals surface area contributed by atoms with Crippen LogP contribution < -0.4 is 5.32 Å². The van der Waals surface area contributed by atoms with Crippen LogP contribution in [0.15, 0.2) is 30.5 Å². The Bertz CT molecular complexity index is 692. The molecule has 0 saturated carbocycles. The molecule has 0 radical (unpaired) electrons. The molecule has 1 aromatic carbocycles. The normalized spacial score (nSPS) is 10.4. The van der Waals surface area contributed by atoms with Crippen LogP contribution in [0.5, 0.6) is 0 Å². The van der Waals surface area contributed by atoms with Gasteiger partial charge in [0.05, 0.1) is 0 Å². The Labute approximate surface area is 114 Å². The van der Waals surface area contributed by atoms with E-state index in [2.05, 4.69) is 5.32 Å². The molecule has 104 valence electrons. The van der Waals surface area contributed by atoms with E-state index >= 15 is 0 Å². The third-order valence-electron chi connectivity index (χ3n) is 2.82. The van der Waals surface area contributed by atoms with Crippen LogP contribution in [0.3, 0.4) is 0 Å². The van der Waals surface area contributed by atoms with Gasteiger partial charge in [0.25, 0.3) is 5.91 Å². The molecule has 0 saturated heterocycles. The van der Waals surface area contributed by atoms with E-state index in [-0.39, 0.29) is 17.2 Å². The summed E-state index contributed by atoms with van der Waals surface area (Å²) in [6.07, 6.45) is 1.53. The van der Waals surface area contributed by atoms with E-state index in [0.29, 0.717) is 5.56 Å². The summed E-state index contributed by atoms with van der Waals surface area (Å²) >= 11 is 0. The first-order chi connectivity index (χ1) is 9.38. The quantitative estimate of drug-likeness (QED) is 0.878. The monoisotopic (exact) mass is 278 g/mol. The Balaban J connectivity index is 2.23. The highest BCUT2D eigenvalue weighted by Crippen LogP contribution is 2.15. The van der Waals surface area contributed by atoms with Crippen molar-refractivity contribution in [1.82, 2.24) is 4.57 Å². The molecule has 0 unspecified atom stereocenters. The zero-order valence-electron chi connectivity index (χ0n) is 10.9. The first kappa shape index (κ1) is 13.9. The van der Waals surface area contributed by atoms with Crippen molar-refractivity contribution in [3.8, 4) is 0 Å². The number of Topliss-reactive ketones (excluding diaryl/α,β-unsaturated/α-hetero) is 1. The predicted octanol–water partition coefficient (Wildman–Crippen LogP) is 2.76. The number of carbonyl (C=O) groups is 2. The number of anilines is 1. The molecular formula is C14H12F2N2O2. The topological polar surface area (TPSA) is 51.1 Å². The number of amides is 1. The van der Waals surface area contributed by atoms with Gasteiger partial charge in [0.2, 0.25) is 0 Å². The van der Waals surface area contributed by atoms with Gasteiger partial charge in [-0.05, 0) is 25.1 Å². The third-order valence-corrected chi connectivity index (χ3v) is 2.82. The van der Waals surface area contributed by atoms with Gasteiger partial charge in [-0.25, -0.2) is 8.78 Å². The van der Waals surface area contributed by atoms with E-state index in [9.17, 15) is 18.4 Å². The van der Waals surface area contributed by atoms with Gasteiger partial charge in [-0.15, -0.1) is 0 Å². The van der Waals surface area contributed by atoms with Crippen LogP contribution in [0.1, 0.15) is 27.8 Å². The molecule has 6 heteroatoms. The molecule has 0 aliphatic carbocycles. The molecule has 1 N–H and O–H groups in total. The summed E-state index contributed by atoms with van der Waals surface area (Å²) in [6.45, 7) is 1.40. The van der Waals surface area contributed by atoms with E-state index in [1.165, 1.54) is 29.8 Å². The smallest absolute Gasteiger partial charge is 0.272 e. The largest absolute Gasteiger partial charge is 0.346 e. The first-order valence-corrected chi connectivity index (χ1v) is 5.82. The number of carbonyl (C=O) groups excluding carboxylic acids is 2. The molecular weight excluding hydrogens is 266 g/mol. The second-order valence-electron chi connectivity index (χ2n) is 4.36. The highest BCUT2D eigenvalue weighted by Gasteiger charge is 2.14. The van der Waals surface area contributed by atoms with Crippen molar-refractivity contribution in [2.24, 2.45) is 7.05 Å². The first-order valence-electron chi connectivity index (χ1n) is 5.82. The van der Waals surface area contributed by atoms with Gasteiger partial charge in [-0.1, -0.05) is 0 Å². The molecule has 0 spiro atoms. The molecule has 0 atom stereocenters. The fraction of sp³-hybridized carbons (Fsp3) is 0.143. The number of nitrogens with zero attached hydrogens (tertiary/aromatic N) is 1. The molecule has 1 aromatic heterocycles. The molecule has 0 fully saturated rings. The molecule has 0 aliphatic rings. The second kappa shape index (κ2) is 5.24. The number of ketones is 1. The summed E-state index contributed by atoms with van der Waals surface area (Å²) in [7, 11) is 1.62. The molecule has 4 nitrogen and oxygen atoms in total. The maximum Gasteiger partial charge on any atom is 0.272 e. The highest BCUT2D eigenvalue weighted by atomic mass is 19.2. The van der Waals surface area contributed by atoms with Crippen molar-refractivity contribution >= 4 is 17.4 Å². The minimum atomic E-state index is -1.04. The second-order valence-corrected chi connectivity index (χ2v) is 4.36. The van der Waals surface area contributed by atoms with Gasteiger partial charge in [0, 0.05) is 30.6 Å². The highest BCUT2D eigenvalue weighted by molar-refractivity contribution is 6.05. The van der Waals surface area contributed by atoms with Crippen molar-refractivity contribution in [2.75, 3.05) is 5.32 Å². The lowest BCUT2D eigenvalue weighted by Gasteiger charge is -2.06. The van der Waals surface area contributed by atoms with Crippen LogP contribution >= 0.6 is 0 Å². The van der Waals surface area contributed by atoms with Gasteiger partial charge in [0.15, 0.2) is 17.4 Å². The Hall–Kier alpha value is -2.50. The summed E-state index contributed by atoms with van der Waals surface area (Å²) in [5.74, 6) is -2.70. The number of hydrogen-bond acceptors (Lipinski definition) is 2. The number of nitrogens with one attached hydrogen (secondary N) is 1. The Morgan fingerprint density at radius 3 is 2.40 bits per heavy atom. The van der Waals surface area contributed by atoms with Crippen LogP contribution in [0, 0.1) is 11.6 Å². The maximum atomic E-state index is 13.0. The standard InChI is InChI=1S/C14H12F2N2O2/c1-8(19)9-5-13(18(2)7-9)14(20)17-10-3-4-11(15)12(16)6-10/h3-7H,1-2H3,(H,17,20). The van der Waals surface area contributed by atoms with E-state index in [4.69, 9.17) is 0 Å². The Morgan fingerprint density at radius 2 is 1.85 bits per heavy atom. The SMILES string of the molecule is CC(=O)c1cc(C(=O)Nc2ccc(F)c(F)c2)n(C)c1. The molecule has 0 aliphatic heterocycles. The van der Waals surface area contributed by atoms with Gasteiger partial charge >= 0.3 is 0 Å². The molecule has 2 aromatic rings. The maximum absolute atomic E-state index is 13.0. The lowest BCUT2D eigenvalue weighted by Crippen LogP contribution is -2.15. The summed E-state index contributed by atoms with van der Waals surface area (Å²) in [4.78, 5) is 23.2. The fourth-order valence-electron chi connectivity index (χ4n) is 1.75. The molecule has 1 heterocycles. The number of aromatic nitrogens is 1. The summed E-state index contributed by atoms with van der Waals surface area (Å²) < 4.78 is 27.3. The van der Waals surface area contributed by atoms with E-state index in [1.54, 1.807) is 7.05 Å². The van der Waals surface area contributed by atoms with E-state index < -0.39 is 17.5 Å². The van der Waals surface area contributed by atoms with E-state index in [0.717, 1.165) is 12.1 Å². The predicted molar refractivity (Wildman–Crippen MR) is 69.7 cm³/mol. The molecule has 0 bridgehead atoms.